The van der Waals surface area contributed by atoms with E-state index in [1.54, 1.807) is 0 Å². The van der Waals surface area contributed by atoms with Gasteiger partial charge in [-0.1, -0.05) is 44.5 Å². The molecule has 2 nitrogen and oxygen atoms in total. The van der Waals surface area contributed by atoms with E-state index in [9.17, 15) is 22.0 Å². The van der Waals surface area contributed by atoms with Gasteiger partial charge >= 0.3 is 0 Å². The van der Waals surface area contributed by atoms with Crippen molar-refractivity contribution in [1.29, 1.82) is 0 Å². The van der Waals surface area contributed by atoms with Gasteiger partial charge in [-0.25, -0.2) is 22.0 Å². The summed E-state index contributed by atoms with van der Waals surface area (Å²) >= 11 is 6.15. The van der Waals surface area contributed by atoms with Gasteiger partial charge in [0.1, 0.15) is 0 Å². The molecule has 0 saturated carbocycles. The Bertz CT molecular complexity index is 617. The van der Waals surface area contributed by atoms with Crippen LogP contribution >= 0.6 is 17.1 Å². The standard InChI is InChI=1S/C16H22F5O2PS2/c1-3-5-7-9-23-24(25,22-8-6-4-2)26-10-11-12(17)14(19)16(21)15(20)13(11)18/h3-10H2,1-2H3. The van der Waals surface area contributed by atoms with Gasteiger partial charge in [-0.2, -0.15) is 0 Å². The van der Waals surface area contributed by atoms with Crippen molar-refractivity contribution in [1.82, 2.24) is 0 Å². The minimum Gasteiger partial charge on any atom is -0.322 e. The van der Waals surface area contributed by atoms with E-state index >= 15 is 0 Å². The third-order valence-electron chi connectivity index (χ3n) is 3.41. The van der Waals surface area contributed by atoms with Crippen LogP contribution in [0.25, 0.3) is 0 Å². The van der Waals surface area contributed by atoms with Gasteiger partial charge < -0.3 is 9.05 Å². The summed E-state index contributed by atoms with van der Waals surface area (Å²) in [6.45, 7) is 4.61. The van der Waals surface area contributed by atoms with Gasteiger partial charge in [0.2, 0.25) is 11.5 Å². The van der Waals surface area contributed by atoms with E-state index in [4.69, 9.17) is 20.9 Å². The largest absolute Gasteiger partial charge is 0.322 e. The number of benzene rings is 1. The molecule has 0 N–H and O–H groups in total. The highest BCUT2D eigenvalue weighted by Crippen LogP contribution is 2.62. The van der Waals surface area contributed by atoms with Crippen LogP contribution in [0.4, 0.5) is 22.0 Å². The van der Waals surface area contributed by atoms with Gasteiger partial charge in [0, 0.05) is 11.3 Å². The molecule has 0 aromatic heterocycles. The first-order valence-corrected chi connectivity index (χ1v) is 12.5. The average molecular weight is 436 g/mol. The minimum absolute atomic E-state index is 0.311. The maximum Gasteiger partial charge on any atom is 0.247 e. The van der Waals surface area contributed by atoms with E-state index in [1.807, 2.05) is 13.8 Å². The second-order valence-electron chi connectivity index (χ2n) is 5.50. The molecule has 0 aliphatic carbocycles. The highest BCUT2D eigenvalue weighted by Gasteiger charge is 2.28. The monoisotopic (exact) mass is 436 g/mol. The Balaban J connectivity index is 2.90. The van der Waals surface area contributed by atoms with E-state index in [2.05, 4.69) is 0 Å². The van der Waals surface area contributed by atoms with Crippen LogP contribution in [-0.2, 0) is 26.6 Å². The Kier molecular flexibility index (Phi) is 10.6. The van der Waals surface area contributed by atoms with E-state index in [1.165, 1.54) is 0 Å². The van der Waals surface area contributed by atoms with Crippen molar-refractivity contribution in [3.05, 3.63) is 34.6 Å². The Morgan fingerprint density at radius 1 is 0.769 bits per heavy atom. The van der Waals surface area contributed by atoms with Crippen molar-refractivity contribution >= 4 is 28.9 Å². The third kappa shape index (κ3) is 6.75. The Hall–Kier alpha value is -0.210. The SMILES string of the molecule is CCCCCOP(=S)(OCCCC)SCc1c(F)c(F)c(F)c(F)c1F. The first kappa shape index (κ1) is 23.8. The van der Waals surface area contributed by atoms with Crippen LogP contribution in [0, 0.1) is 29.1 Å². The quantitative estimate of drug-likeness (QED) is 0.117. The lowest BCUT2D eigenvalue weighted by Gasteiger charge is -2.22. The van der Waals surface area contributed by atoms with Crippen molar-refractivity contribution in [2.75, 3.05) is 13.2 Å². The zero-order chi connectivity index (χ0) is 19.7. The summed E-state index contributed by atoms with van der Waals surface area (Å²) in [6, 6.07) is 0. The summed E-state index contributed by atoms with van der Waals surface area (Å²) in [5.41, 5.74) is -3.88. The molecule has 1 atom stereocenters. The Labute approximate surface area is 159 Å². The van der Waals surface area contributed by atoms with Crippen LogP contribution < -0.4 is 0 Å². The molecule has 1 aromatic rings. The van der Waals surface area contributed by atoms with Crippen LogP contribution in [-0.4, -0.2) is 13.2 Å². The molecule has 0 radical (unpaired) electrons. The topological polar surface area (TPSA) is 18.5 Å². The lowest BCUT2D eigenvalue weighted by molar-refractivity contribution is 0.252. The summed E-state index contributed by atoms with van der Waals surface area (Å²) in [6.07, 6.45) is 4.22. The van der Waals surface area contributed by atoms with E-state index in [0.717, 1.165) is 43.5 Å². The summed E-state index contributed by atoms with van der Waals surface area (Å²) in [4.78, 5) is 0. The fourth-order valence-electron chi connectivity index (χ4n) is 1.88. The predicted molar refractivity (Wildman–Crippen MR) is 98.1 cm³/mol. The zero-order valence-electron chi connectivity index (χ0n) is 14.6. The highest BCUT2D eigenvalue weighted by atomic mass is 32.9. The Morgan fingerprint density at radius 3 is 1.73 bits per heavy atom. The van der Waals surface area contributed by atoms with Crippen LogP contribution in [0.5, 0.6) is 0 Å². The predicted octanol–water partition coefficient (Wildman–Crippen LogP) is 6.86. The van der Waals surface area contributed by atoms with Crippen molar-refractivity contribution in [3.8, 4) is 0 Å². The summed E-state index contributed by atoms with van der Waals surface area (Å²) in [7, 11) is 0. The smallest absolute Gasteiger partial charge is 0.247 e. The molecule has 1 rings (SSSR count). The second-order valence-corrected chi connectivity index (χ2v) is 11.8. The Morgan fingerprint density at radius 2 is 1.23 bits per heavy atom. The molecule has 0 aliphatic heterocycles. The molecule has 0 aliphatic rings. The van der Waals surface area contributed by atoms with Gasteiger partial charge in [0.05, 0.1) is 13.2 Å². The highest BCUT2D eigenvalue weighted by molar-refractivity contribution is 8.67. The molecule has 0 bridgehead atoms. The molecule has 150 valence electrons. The molecule has 0 amide bonds. The van der Waals surface area contributed by atoms with Gasteiger partial charge in [-0.05, 0) is 24.6 Å². The molecule has 0 saturated heterocycles. The lowest BCUT2D eigenvalue weighted by atomic mass is 10.2. The van der Waals surface area contributed by atoms with Gasteiger partial charge in [0.25, 0.3) is 0 Å². The third-order valence-corrected chi connectivity index (χ3v) is 8.69. The normalized spacial score (nSPS) is 13.8. The van der Waals surface area contributed by atoms with E-state index in [-0.39, 0.29) is 0 Å². The first-order chi connectivity index (χ1) is 12.3. The first-order valence-electron chi connectivity index (χ1n) is 8.31. The number of rotatable bonds is 12. The molecule has 1 aromatic carbocycles. The number of halogens is 5. The van der Waals surface area contributed by atoms with Gasteiger partial charge in [-0.3, -0.25) is 0 Å². The molecule has 0 fully saturated rings. The zero-order valence-corrected chi connectivity index (χ0v) is 17.2. The molecule has 26 heavy (non-hydrogen) atoms. The van der Waals surface area contributed by atoms with Crippen LogP contribution in [0.15, 0.2) is 0 Å². The molecular weight excluding hydrogens is 414 g/mol. The van der Waals surface area contributed by atoms with Crippen LogP contribution in [0.2, 0.25) is 0 Å². The summed E-state index contributed by atoms with van der Waals surface area (Å²) in [5.74, 6) is -10.3. The fraction of sp³-hybridized carbons (Fsp3) is 0.625. The average Bonchev–Trinajstić information content (AvgIpc) is 2.62. The molecule has 1 unspecified atom stereocenters. The lowest BCUT2D eigenvalue weighted by Crippen LogP contribution is -2.06. The van der Waals surface area contributed by atoms with Crippen LogP contribution in [0.3, 0.4) is 0 Å². The number of hydrogen-bond acceptors (Lipinski definition) is 4. The summed E-state index contributed by atoms with van der Waals surface area (Å²) < 4.78 is 78.6. The second kappa shape index (κ2) is 11.6. The van der Waals surface area contributed by atoms with Crippen molar-refractivity contribution in [2.24, 2.45) is 0 Å². The molecule has 0 heterocycles. The van der Waals surface area contributed by atoms with Gasteiger partial charge in [0.15, 0.2) is 23.3 Å². The maximum absolute atomic E-state index is 13.8. The van der Waals surface area contributed by atoms with E-state index in [0.29, 0.717) is 13.2 Å². The number of hydrogen-bond donors (Lipinski definition) is 0. The fourth-order valence-corrected chi connectivity index (χ4v) is 6.03. The summed E-state index contributed by atoms with van der Waals surface area (Å²) in [5, 5.41) is 0. The van der Waals surface area contributed by atoms with E-state index < -0.39 is 46.1 Å². The van der Waals surface area contributed by atoms with Crippen LogP contribution in [0.1, 0.15) is 51.5 Å². The van der Waals surface area contributed by atoms with Crippen molar-refractivity contribution in [2.45, 2.75) is 51.7 Å². The number of unbranched alkanes of at least 4 members (excludes halogenated alkanes) is 3. The molecular formula is C16H22F5O2PS2. The van der Waals surface area contributed by atoms with Gasteiger partial charge in [-0.15, -0.1) is 0 Å². The maximum atomic E-state index is 13.8. The molecule has 10 heteroatoms. The van der Waals surface area contributed by atoms with Crippen molar-refractivity contribution < 1.29 is 31.0 Å². The minimum atomic E-state index is -2.96. The van der Waals surface area contributed by atoms with Crippen molar-refractivity contribution in [3.63, 3.8) is 0 Å². The molecule has 0 spiro atoms.